The molecule has 20 heavy (non-hydrogen) atoms. The highest BCUT2D eigenvalue weighted by molar-refractivity contribution is 6.28. The molecule has 0 aliphatic carbocycles. The van der Waals surface area contributed by atoms with Crippen LogP contribution >= 0.6 is 11.6 Å². The second-order valence-electron chi connectivity index (χ2n) is 4.38. The maximum atomic E-state index is 12.5. The van der Waals surface area contributed by atoms with Crippen molar-refractivity contribution in [2.75, 3.05) is 7.05 Å². The van der Waals surface area contributed by atoms with E-state index in [4.69, 9.17) is 16.0 Å². The minimum atomic E-state index is -4.31. The average Bonchev–Trinajstić information content (AvgIpc) is 2.82. The van der Waals surface area contributed by atoms with Crippen molar-refractivity contribution in [1.29, 1.82) is 0 Å². The van der Waals surface area contributed by atoms with E-state index in [0.717, 1.165) is 17.7 Å². The Kier molecular flexibility index (Phi) is 4.40. The van der Waals surface area contributed by atoms with Gasteiger partial charge in [-0.2, -0.15) is 13.2 Å². The SMILES string of the molecule is CNC(Cc1ccc(C(F)(F)F)cc1)c1ccc(Cl)o1. The molecule has 0 saturated carbocycles. The summed E-state index contributed by atoms with van der Waals surface area (Å²) in [6, 6.07) is 8.34. The van der Waals surface area contributed by atoms with Gasteiger partial charge in [0.25, 0.3) is 0 Å². The molecule has 0 radical (unpaired) electrons. The molecule has 2 nitrogen and oxygen atoms in total. The Balaban J connectivity index is 2.12. The predicted molar refractivity (Wildman–Crippen MR) is 70.7 cm³/mol. The normalized spacial score (nSPS) is 13.4. The number of nitrogens with one attached hydrogen (secondary N) is 1. The van der Waals surface area contributed by atoms with Gasteiger partial charge in [-0.25, -0.2) is 0 Å². The van der Waals surface area contributed by atoms with Gasteiger partial charge in [-0.3, -0.25) is 0 Å². The lowest BCUT2D eigenvalue weighted by molar-refractivity contribution is -0.137. The van der Waals surface area contributed by atoms with E-state index in [1.807, 2.05) is 0 Å². The first-order valence-corrected chi connectivity index (χ1v) is 6.36. The van der Waals surface area contributed by atoms with E-state index in [-0.39, 0.29) is 11.3 Å². The zero-order valence-electron chi connectivity index (χ0n) is 10.7. The Morgan fingerprint density at radius 2 is 1.80 bits per heavy atom. The van der Waals surface area contributed by atoms with Crippen molar-refractivity contribution >= 4 is 11.6 Å². The van der Waals surface area contributed by atoms with Crippen LogP contribution in [0.15, 0.2) is 40.8 Å². The summed E-state index contributed by atoms with van der Waals surface area (Å²) in [6.45, 7) is 0. The van der Waals surface area contributed by atoms with Crippen LogP contribution < -0.4 is 5.32 Å². The highest BCUT2D eigenvalue weighted by Crippen LogP contribution is 2.30. The molecule has 0 bridgehead atoms. The molecule has 0 aliphatic heterocycles. The van der Waals surface area contributed by atoms with E-state index in [1.54, 1.807) is 19.2 Å². The van der Waals surface area contributed by atoms with Crippen LogP contribution in [0.25, 0.3) is 0 Å². The summed E-state index contributed by atoms with van der Waals surface area (Å²) in [5, 5.41) is 3.34. The van der Waals surface area contributed by atoms with Crippen LogP contribution in [-0.2, 0) is 12.6 Å². The van der Waals surface area contributed by atoms with Crippen LogP contribution in [0, 0.1) is 0 Å². The second kappa shape index (κ2) is 5.89. The van der Waals surface area contributed by atoms with Crippen molar-refractivity contribution in [1.82, 2.24) is 5.32 Å². The van der Waals surface area contributed by atoms with Crippen molar-refractivity contribution in [3.63, 3.8) is 0 Å². The van der Waals surface area contributed by atoms with Crippen molar-refractivity contribution in [3.8, 4) is 0 Å². The van der Waals surface area contributed by atoms with Gasteiger partial charge in [-0.15, -0.1) is 0 Å². The fraction of sp³-hybridized carbons (Fsp3) is 0.286. The van der Waals surface area contributed by atoms with Crippen molar-refractivity contribution in [3.05, 3.63) is 58.5 Å². The van der Waals surface area contributed by atoms with E-state index in [1.165, 1.54) is 12.1 Å². The largest absolute Gasteiger partial charge is 0.448 e. The molecule has 0 aliphatic rings. The zero-order valence-corrected chi connectivity index (χ0v) is 11.4. The van der Waals surface area contributed by atoms with Gasteiger partial charge in [0.1, 0.15) is 5.76 Å². The molecule has 1 aromatic carbocycles. The van der Waals surface area contributed by atoms with E-state index in [9.17, 15) is 13.2 Å². The second-order valence-corrected chi connectivity index (χ2v) is 4.75. The Morgan fingerprint density at radius 3 is 2.25 bits per heavy atom. The smallest absolute Gasteiger partial charge is 0.416 e. The molecule has 2 rings (SSSR count). The van der Waals surface area contributed by atoms with Crippen molar-refractivity contribution < 1.29 is 17.6 Å². The van der Waals surface area contributed by atoms with Crippen molar-refractivity contribution in [2.24, 2.45) is 0 Å². The minimum Gasteiger partial charge on any atom is -0.448 e. The fourth-order valence-electron chi connectivity index (χ4n) is 1.93. The fourth-order valence-corrected chi connectivity index (χ4v) is 2.08. The topological polar surface area (TPSA) is 25.2 Å². The molecule has 1 heterocycles. The number of halogens is 4. The molecule has 108 valence electrons. The predicted octanol–water partition coefficient (Wildman–Crippen LogP) is 4.46. The van der Waals surface area contributed by atoms with Crippen LogP contribution in [0.5, 0.6) is 0 Å². The quantitative estimate of drug-likeness (QED) is 0.902. The van der Waals surface area contributed by atoms with Crippen LogP contribution in [-0.4, -0.2) is 7.05 Å². The number of hydrogen-bond acceptors (Lipinski definition) is 2. The van der Waals surface area contributed by atoms with Gasteiger partial charge in [-0.05, 0) is 54.9 Å². The standard InChI is InChI=1S/C14H13ClF3NO/c1-19-11(12-6-7-13(15)20-12)8-9-2-4-10(5-3-9)14(16,17)18/h2-7,11,19H,8H2,1H3. The Bertz CT molecular complexity index is 563. The first-order chi connectivity index (χ1) is 9.40. The number of likely N-dealkylation sites (N-methyl/N-ethyl adjacent to an activating group) is 1. The number of hydrogen-bond donors (Lipinski definition) is 1. The molecule has 0 saturated heterocycles. The molecule has 1 aromatic heterocycles. The van der Waals surface area contributed by atoms with E-state index in [2.05, 4.69) is 5.32 Å². The molecule has 1 atom stereocenters. The molecule has 2 aromatic rings. The molecule has 0 fully saturated rings. The van der Waals surface area contributed by atoms with Crippen LogP contribution in [0.3, 0.4) is 0 Å². The lowest BCUT2D eigenvalue weighted by Crippen LogP contribution is -2.18. The number of rotatable bonds is 4. The Hall–Kier alpha value is -1.46. The molecule has 0 spiro atoms. The van der Waals surface area contributed by atoms with E-state index >= 15 is 0 Å². The molecular weight excluding hydrogens is 291 g/mol. The summed E-state index contributed by atoms with van der Waals surface area (Å²) < 4.78 is 42.7. The van der Waals surface area contributed by atoms with Gasteiger partial charge in [0.05, 0.1) is 11.6 Å². The molecule has 0 amide bonds. The maximum Gasteiger partial charge on any atom is 0.416 e. The summed E-state index contributed by atoms with van der Waals surface area (Å²) in [7, 11) is 1.76. The highest BCUT2D eigenvalue weighted by atomic mass is 35.5. The highest BCUT2D eigenvalue weighted by Gasteiger charge is 2.30. The lowest BCUT2D eigenvalue weighted by Gasteiger charge is -2.14. The average molecular weight is 304 g/mol. The minimum absolute atomic E-state index is 0.140. The van der Waals surface area contributed by atoms with E-state index in [0.29, 0.717) is 12.2 Å². The Morgan fingerprint density at radius 1 is 1.15 bits per heavy atom. The summed E-state index contributed by atoms with van der Waals surface area (Å²) in [5.74, 6) is 0.650. The summed E-state index contributed by atoms with van der Waals surface area (Å²) in [4.78, 5) is 0. The summed E-state index contributed by atoms with van der Waals surface area (Å²) in [5.41, 5.74) is 0.133. The summed E-state index contributed by atoms with van der Waals surface area (Å²) in [6.07, 6.45) is -3.80. The van der Waals surface area contributed by atoms with Gasteiger partial charge in [0.2, 0.25) is 0 Å². The molecule has 1 unspecified atom stereocenters. The van der Waals surface area contributed by atoms with Gasteiger partial charge < -0.3 is 9.73 Å². The van der Waals surface area contributed by atoms with Crippen LogP contribution in [0.1, 0.15) is 22.9 Å². The monoisotopic (exact) mass is 303 g/mol. The number of furan rings is 1. The molecular formula is C14H13ClF3NO. The molecule has 6 heteroatoms. The van der Waals surface area contributed by atoms with Gasteiger partial charge >= 0.3 is 6.18 Å². The van der Waals surface area contributed by atoms with Crippen LogP contribution in [0.2, 0.25) is 5.22 Å². The first kappa shape index (κ1) is 14.9. The van der Waals surface area contributed by atoms with Gasteiger partial charge in [0.15, 0.2) is 5.22 Å². The third-order valence-electron chi connectivity index (χ3n) is 3.01. The lowest BCUT2D eigenvalue weighted by atomic mass is 10.0. The van der Waals surface area contributed by atoms with Gasteiger partial charge in [-0.1, -0.05) is 12.1 Å². The number of benzene rings is 1. The van der Waals surface area contributed by atoms with Gasteiger partial charge in [0, 0.05) is 0 Å². The molecule has 1 N–H and O–H groups in total. The summed E-state index contributed by atoms with van der Waals surface area (Å²) >= 11 is 5.72. The maximum absolute atomic E-state index is 12.5. The zero-order chi connectivity index (χ0) is 14.8. The van der Waals surface area contributed by atoms with Crippen molar-refractivity contribution in [2.45, 2.75) is 18.6 Å². The van der Waals surface area contributed by atoms with Crippen LogP contribution in [0.4, 0.5) is 13.2 Å². The van der Waals surface area contributed by atoms with E-state index < -0.39 is 11.7 Å². The third-order valence-corrected chi connectivity index (χ3v) is 3.21. The third kappa shape index (κ3) is 3.55. The number of alkyl halides is 3. The Labute approximate surface area is 119 Å². The first-order valence-electron chi connectivity index (χ1n) is 5.99.